The van der Waals surface area contributed by atoms with Crippen LogP contribution in [0.1, 0.15) is 17.5 Å². The van der Waals surface area contributed by atoms with Crippen molar-refractivity contribution in [1.29, 1.82) is 0 Å². The lowest BCUT2D eigenvalue weighted by Crippen LogP contribution is -2.06. The van der Waals surface area contributed by atoms with Gasteiger partial charge in [-0.1, -0.05) is 0 Å². The summed E-state index contributed by atoms with van der Waals surface area (Å²) < 4.78 is 25.8. The van der Waals surface area contributed by atoms with Crippen LogP contribution < -0.4 is 0 Å². The van der Waals surface area contributed by atoms with Gasteiger partial charge in [-0.25, -0.2) is 4.98 Å². The minimum atomic E-state index is -3.35. The first-order valence-electron chi connectivity index (χ1n) is 4.01. The summed E-state index contributed by atoms with van der Waals surface area (Å²) in [7, 11) is -3.35. The van der Waals surface area contributed by atoms with E-state index in [0.29, 0.717) is 12.2 Å². The monoisotopic (exact) mass is 236 g/mol. The zero-order valence-corrected chi connectivity index (χ0v) is 9.38. The van der Waals surface area contributed by atoms with E-state index in [9.17, 15) is 8.42 Å². The smallest absolute Gasteiger partial charge is 0.264 e. The van der Waals surface area contributed by atoms with Crippen molar-refractivity contribution in [3.8, 4) is 0 Å². The molecule has 7 heteroatoms. The third kappa shape index (κ3) is 4.12. The van der Waals surface area contributed by atoms with Crippen LogP contribution >= 0.6 is 12.6 Å². The molecule has 0 aliphatic rings. The maximum Gasteiger partial charge on any atom is 0.264 e. The molecule has 0 saturated heterocycles. The lowest BCUT2D eigenvalue weighted by Gasteiger charge is -2.06. The summed E-state index contributed by atoms with van der Waals surface area (Å²) in [5, 5.41) is -0.133. The molecule has 0 bridgehead atoms. The number of nitrogens with one attached hydrogen (secondary N) is 1. The molecule has 0 aliphatic carbocycles. The number of nitrogens with zero attached hydrogens (tertiary/aromatic N) is 1. The molecule has 1 atom stereocenters. The third-order valence-corrected chi connectivity index (χ3v) is 2.62. The van der Waals surface area contributed by atoms with Crippen molar-refractivity contribution in [2.24, 2.45) is 0 Å². The summed E-state index contributed by atoms with van der Waals surface area (Å²) in [6.45, 7) is 0.119. The Balaban J connectivity index is 2.33. The van der Waals surface area contributed by atoms with Gasteiger partial charge in [-0.3, -0.25) is 4.18 Å². The predicted octanol–water partition coefficient (Wildman–Crippen LogP) is 0.747. The molecule has 0 spiro atoms. The number of aromatic amines is 1. The molecule has 0 saturated carbocycles. The Hall–Kier alpha value is -0.530. The standard InChI is InChI=1S/C7H12N2O3S2/c1-14(10,11)12-5-2-6(13)7-8-3-4-9-7/h3-4,6,13H,2,5H2,1H3,(H,8,9). The second kappa shape index (κ2) is 4.81. The fourth-order valence-electron chi connectivity index (χ4n) is 0.908. The lowest BCUT2D eigenvalue weighted by atomic mass is 10.3. The normalized spacial score (nSPS) is 14.1. The van der Waals surface area contributed by atoms with Gasteiger partial charge >= 0.3 is 0 Å². The molecule has 1 unspecified atom stereocenters. The highest BCUT2D eigenvalue weighted by Gasteiger charge is 2.10. The molecule has 0 aromatic carbocycles. The largest absolute Gasteiger partial charge is 0.348 e. The van der Waals surface area contributed by atoms with E-state index in [2.05, 4.69) is 26.8 Å². The fourth-order valence-corrected chi connectivity index (χ4v) is 1.55. The van der Waals surface area contributed by atoms with Crippen LogP contribution in [-0.2, 0) is 14.3 Å². The summed E-state index contributed by atoms with van der Waals surface area (Å²) >= 11 is 4.25. The van der Waals surface area contributed by atoms with E-state index in [0.717, 1.165) is 6.26 Å². The highest BCUT2D eigenvalue weighted by molar-refractivity contribution is 7.86. The van der Waals surface area contributed by atoms with E-state index in [1.807, 2.05) is 0 Å². The van der Waals surface area contributed by atoms with Crippen molar-refractivity contribution in [3.05, 3.63) is 18.2 Å². The van der Waals surface area contributed by atoms with Gasteiger partial charge in [0.05, 0.1) is 18.1 Å². The lowest BCUT2D eigenvalue weighted by molar-refractivity contribution is 0.314. The quantitative estimate of drug-likeness (QED) is 0.584. The van der Waals surface area contributed by atoms with E-state index in [-0.39, 0.29) is 11.9 Å². The molecule has 0 fully saturated rings. The van der Waals surface area contributed by atoms with Crippen LogP contribution in [0, 0.1) is 0 Å². The SMILES string of the molecule is CS(=O)(=O)OCCC(S)c1ncc[nH]1. The average Bonchev–Trinajstić information content (AvgIpc) is 2.53. The summed E-state index contributed by atoms with van der Waals surface area (Å²) in [4.78, 5) is 6.89. The van der Waals surface area contributed by atoms with Crippen molar-refractivity contribution < 1.29 is 12.6 Å². The van der Waals surface area contributed by atoms with Crippen LogP contribution in [0.5, 0.6) is 0 Å². The minimum Gasteiger partial charge on any atom is -0.348 e. The van der Waals surface area contributed by atoms with E-state index in [1.54, 1.807) is 12.4 Å². The van der Waals surface area contributed by atoms with Crippen molar-refractivity contribution in [3.63, 3.8) is 0 Å². The molecule has 5 nitrogen and oxygen atoms in total. The van der Waals surface area contributed by atoms with Gasteiger partial charge in [0.1, 0.15) is 5.82 Å². The second-order valence-corrected chi connectivity index (χ2v) is 5.07. The van der Waals surface area contributed by atoms with Gasteiger partial charge < -0.3 is 4.98 Å². The van der Waals surface area contributed by atoms with Gasteiger partial charge in [0.2, 0.25) is 0 Å². The van der Waals surface area contributed by atoms with Crippen molar-refractivity contribution in [1.82, 2.24) is 9.97 Å². The van der Waals surface area contributed by atoms with Gasteiger partial charge in [-0.15, -0.1) is 0 Å². The molecule has 0 aliphatic heterocycles. The van der Waals surface area contributed by atoms with Crippen LogP contribution in [0.4, 0.5) is 0 Å². The number of imidazole rings is 1. The summed E-state index contributed by atoms with van der Waals surface area (Å²) in [6.07, 6.45) is 4.82. The maximum atomic E-state index is 10.6. The number of thiol groups is 1. The first-order chi connectivity index (χ1) is 6.49. The molecule has 1 aromatic heterocycles. The van der Waals surface area contributed by atoms with Crippen molar-refractivity contribution >= 4 is 22.7 Å². The second-order valence-electron chi connectivity index (χ2n) is 2.80. The molecule has 0 amide bonds. The van der Waals surface area contributed by atoms with Gasteiger partial charge in [-0.05, 0) is 6.42 Å². The number of hydrogen-bond donors (Lipinski definition) is 2. The molecule has 1 rings (SSSR count). The molecule has 80 valence electrons. The van der Waals surface area contributed by atoms with E-state index < -0.39 is 10.1 Å². The molecular formula is C7H12N2O3S2. The zero-order valence-electron chi connectivity index (χ0n) is 7.67. The van der Waals surface area contributed by atoms with Gasteiger partial charge in [0.15, 0.2) is 0 Å². The Morgan fingerprint density at radius 2 is 2.43 bits per heavy atom. The zero-order chi connectivity index (χ0) is 10.6. The fraction of sp³-hybridized carbons (Fsp3) is 0.571. The van der Waals surface area contributed by atoms with Crippen LogP contribution in [0.3, 0.4) is 0 Å². The molecule has 14 heavy (non-hydrogen) atoms. The number of hydrogen-bond acceptors (Lipinski definition) is 5. The average molecular weight is 236 g/mol. The minimum absolute atomic E-state index is 0.119. The molecule has 1 N–H and O–H groups in total. The molecular weight excluding hydrogens is 224 g/mol. The maximum absolute atomic E-state index is 10.6. The Kier molecular flexibility index (Phi) is 3.97. The van der Waals surface area contributed by atoms with Crippen LogP contribution in [0.25, 0.3) is 0 Å². The molecule has 1 aromatic rings. The Labute approximate surface area is 88.4 Å². The van der Waals surface area contributed by atoms with Gasteiger partial charge in [-0.2, -0.15) is 21.0 Å². The Morgan fingerprint density at radius 3 is 2.93 bits per heavy atom. The van der Waals surface area contributed by atoms with E-state index >= 15 is 0 Å². The van der Waals surface area contributed by atoms with E-state index in [4.69, 9.17) is 0 Å². The van der Waals surface area contributed by atoms with Crippen molar-refractivity contribution in [2.75, 3.05) is 12.9 Å². The number of H-pyrrole nitrogens is 1. The topological polar surface area (TPSA) is 72.1 Å². The first-order valence-corrected chi connectivity index (χ1v) is 6.34. The summed E-state index contributed by atoms with van der Waals surface area (Å²) in [6, 6.07) is 0. The highest BCUT2D eigenvalue weighted by Crippen LogP contribution is 2.19. The van der Waals surface area contributed by atoms with E-state index in [1.165, 1.54) is 0 Å². The molecule has 0 radical (unpaired) electrons. The van der Waals surface area contributed by atoms with Gasteiger partial charge in [0.25, 0.3) is 10.1 Å². The summed E-state index contributed by atoms with van der Waals surface area (Å²) in [5.41, 5.74) is 0. The van der Waals surface area contributed by atoms with Crippen LogP contribution in [0.15, 0.2) is 12.4 Å². The Morgan fingerprint density at radius 1 is 1.71 bits per heavy atom. The third-order valence-electron chi connectivity index (χ3n) is 1.52. The highest BCUT2D eigenvalue weighted by atomic mass is 32.2. The van der Waals surface area contributed by atoms with Crippen molar-refractivity contribution in [2.45, 2.75) is 11.7 Å². The predicted molar refractivity (Wildman–Crippen MR) is 55.7 cm³/mol. The number of rotatable bonds is 5. The molecule has 1 heterocycles. The first kappa shape index (κ1) is 11.5. The van der Waals surface area contributed by atoms with Crippen LogP contribution in [-0.4, -0.2) is 31.2 Å². The van der Waals surface area contributed by atoms with Gasteiger partial charge in [0, 0.05) is 12.4 Å². The number of aromatic nitrogens is 2. The Bertz CT molecular complexity index is 360. The summed E-state index contributed by atoms with van der Waals surface area (Å²) in [5.74, 6) is 0.713. The van der Waals surface area contributed by atoms with Crippen LogP contribution in [0.2, 0.25) is 0 Å².